The van der Waals surface area contributed by atoms with E-state index in [2.05, 4.69) is 4.65 Å². The molecule has 1 radical (unpaired) electrons. The molecule has 1 aromatic rings. The van der Waals surface area contributed by atoms with Crippen molar-refractivity contribution in [1.82, 2.24) is 0 Å². The third-order valence-corrected chi connectivity index (χ3v) is 1.07. The normalized spacial score (nSPS) is 9.18. The zero-order chi connectivity index (χ0) is 7.94. The Morgan fingerprint density at radius 3 is 2.64 bits per heavy atom. The summed E-state index contributed by atoms with van der Waals surface area (Å²) in [6.45, 7) is -0.368. The number of hydrogen-bond donors (Lipinski definition) is 1. The molecular formula is C7H8BO3. The van der Waals surface area contributed by atoms with Crippen molar-refractivity contribution in [2.75, 3.05) is 6.79 Å². The molecule has 0 spiro atoms. The minimum atomic E-state index is -0.368. The molecule has 0 aliphatic heterocycles. The van der Waals surface area contributed by atoms with Crippen molar-refractivity contribution in [3.8, 4) is 5.75 Å². The number of hydrogen-bond acceptors (Lipinski definition) is 3. The van der Waals surface area contributed by atoms with Gasteiger partial charge < -0.3 is 14.4 Å². The van der Waals surface area contributed by atoms with E-state index in [-0.39, 0.29) is 6.79 Å². The van der Waals surface area contributed by atoms with E-state index in [1.54, 1.807) is 12.1 Å². The highest BCUT2D eigenvalue weighted by atomic mass is 16.6. The summed E-state index contributed by atoms with van der Waals surface area (Å²) < 4.78 is 9.38. The highest BCUT2D eigenvalue weighted by molar-refractivity contribution is 6.19. The van der Waals surface area contributed by atoms with E-state index in [1.165, 1.54) is 0 Å². The number of benzene rings is 1. The van der Waals surface area contributed by atoms with Gasteiger partial charge in [0, 0.05) is 0 Å². The smallest absolute Gasteiger partial charge is 0.537 e. The van der Waals surface area contributed by atoms with Crippen molar-refractivity contribution < 1.29 is 14.4 Å². The maximum Gasteiger partial charge on any atom is 0.574 e. The van der Waals surface area contributed by atoms with E-state index in [0.29, 0.717) is 5.75 Å². The third-order valence-electron chi connectivity index (χ3n) is 1.07. The quantitative estimate of drug-likeness (QED) is 0.388. The van der Waals surface area contributed by atoms with Crippen LogP contribution in [0.5, 0.6) is 5.75 Å². The molecule has 0 fully saturated rings. The van der Waals surface area contributed by atoms with Crippen LogP contribution < -0.4 is 4.65 Å². The molecule has 1 aromatic carbocycles. The number of aliphatic hydroxyl groups excluding tert-OH is 1. The standard InChI is InChI=1S/C7H8BO3/c9-6-10-8-11-7-4-2-1-3-5-7/h1-5,9H,6H2. The van der Waals surface area contributed by atoms with Crippen LogP contribution in [0.15, 0.2) is 30.3 Å². The molecule has 0 amide bonds. The number of rotatable bonds is 4. The lowest BCUT2D eigenvalue weighted by Gasteiger charge is -2.01. The van der Waals surface area contributed by atoms with Gasteiger partial charge in [0.15, 0.2) is 0 Å². The molecule has 0 heterocycles. The summed E-state index contributed by atoms with van der Waals surface area (Å²) in [4.78, 5) is 0. The van der Waals surface area contributed by atoms with Gasteiger partial charge in [-0.15, -0.1) is 0 Å². The van der Waals surface area contributed by atoms with Gasteiger partial charge in [-0.2, -0.15) is 0 Å². The molecule has 1 rings (SSSR count). The Labute approximate surface area is 65.9 Å². The molecular weight excluding hydrogens is 143 g/mol. The lowest BCUT2D eigenvalue weighted by Crippen LogP contribution is -2.07. The number of para-hydroxylation sites is 1. The van der Waals surface area contributed by atoms with Gasteiger partial charge in [-0.25, -0.2) is 0 Å². The van der Waals surface area contributed by atoms with Crippen molar-refractivity contribution in [2.45, 2.75) is 0 Å². The maximum absolute atomic E-state index is 8.21. The molecule has 0 saturated heterocycles. The second-order valence-electron chi connectivity index (χ2n) is 1.82. The lowest BCUT2D eigenvalue weighted by atomic mass is 10.3. The monoisotopic (exact) mass is 151 g/mol. The molecule has 1 N–H and O–H groups in total. The molecule has 3 nitrogen and oxygen atoms in total. The van der Waals surface area contributed by atoms with Crippen LogP contribution in [0, 0.1) is 0 Å². The van der Waals surface area contributed by atoms with Crippen LogP contribution in [0.25, 0.3) is 0 Å². The average Bonchev–Trinajstić information content (AvgIpc) is 2.07. The predicted octanol–water partition coefficient (Wildman–Crippen LogP) is 0.566. The topological polar surface area (TPSA) is 38.7 Å². The predicted molar refractivity (Wildman–Crippen MR) is 41.0 cm³/mol. The van der Waals surface area contributed by atoms with Gasteiger partial charge in [0.05, 0.1) is 5.75 Å². The fourth-order valence-corrected chi connectivity index (χ4v) is 0.619. The molecule has 0 aromatic heterocycles. The summed E-state index contributed by atoms with van der Waals surface area (Å²) in [7, 11) is 1.09. The fraction of sp³-hybridized carbons (Fsp3) is 0.143. The first-order valence-electron chi connectivity index (χ1n) is 3.19. The zero-order valence-corrected chi connectivity index (χ0v) is 5.93. The summed E-state index contributed by atoms with van der Waals surface area (Å²) in [6.07, 6.45) is 0. The van der Waals surface area contributed by atoms with E-state index in [4.69, 9.17) is 9.76 Å². The van der Waals surface area contributed by atoms with Gasteiger partial charge >= 0.3 is 7.69 Å². The largest absolute Gasteiger partial charge is 0.574 e. The average molecular weight is 151 g/mol. The minimum absolute atomic E-state index is 0.368. The highest BCUT2D eigenvalue weighted by Crippen LogP contribution is 2.06. The maximum atomic E-state index is 8.21. The van der Waals surface area contributed by atoms with Crippen LogP contribution >= 0.6 is 0 Å². The van der Waals surface area contributed by atoms with Gasteiger partial charge in [-0.05, 0) is 12.1 Å². The van der Waals surface area contributed by atoms with Crippen molar-refractivity contribution in [1.29, 1.82) is 0 Å². The first-order valence-corrected chi connectivity index (χ1v) is 3.19. The van der Waals surface area contributed by atoms with E-state index < -0.39 is 0 Å². The minimum Gasteiger partial charge on any atom is -0.537 e. The summed E-state index contributed by atoms with van der Waals surface area (Å²) in [6, 6.07) is 9.17. The Morgan fingerprint density at radius 2 is 2.00 bits per heavy atom. The van der Waals surface area contributed by atoms with E-state index in [9.17, 15) is 0 Å². The zero-order valence-electron chi connectivity index (χ0n) is 5.93. The van der Waals surface area contributed by atoms with Crippen LogP contribution in [-0.2, 0) is 4.65 Å². The third kappa shape index (κ3) is 3.07. The van der Waals surface area contributed by atoms with Gasteiger partial charge in [-0.1, -0.05) is 18.2 Å². The van der Waals surface area contributed by atoms with Crippen LogP contribution in [0.2, 0.25) is 0 Å². The summed E-state index contributed by atoms with van der Waals surface area (Å²) in [5.41, 5.74) is 0. The SMILES string of the molecule is OCO[B]Oc1ccccc1. The van der Waals surface area contributed by atoms with Gasteiger partial charge in [-0.3, -0.25) is 0 Å². The molecule has 11 heavy (non-hydrogen) atoms. The Kier molecular flexibility index (Phi) is 3.51. The summed E-state index contributed by atoms with van der Waals surface area (Å²) in [5, 5.41) is 8.21. The molecule has 0 unspecified atom stereocenters. The van der Waals surface area contributed by atoms with Crippen molar-refractivity contribution >= 4 is 7.69 Å². The van der Waals surface area contributed by atoms with Gasteiger partial charge in [0.25, 0.3) is 0 Å². The molecule has 0 saturated carbocycles. The Bertz CT molecular complexity index is 190. The van der Waals surface area contributed by atoms with E-state index in [0.717, 1.165) is 7.69 Å². The second kappa shape index (κ2) is 4.76. The van der Waals surface area contributed by atoms with Gasteiger partial charge in [0.1, 0.15) is 6.79 Å². The Hall–Kier alpha value is -0.995. The van der Waals surface area contributed by atoms with Crippen LogP contribution in [0.4, 0.5) is 0 Å². The van der Waals surface area contributed by atoms with Crippen LogP contribution in [0.3, 0.4) is 0 Å². The number of aliphatic hydroxyl groups is 1. The van der Waals surface area contributed by atoms with E-state index >= 15 is 0 Å². The first kappa shape index (κ1) is 8.10. The first-order chi connectivity index (χ1) is 5.43. The van der Waals surface area contributed by atoms with Crippen LogP contribution in [-0.4, -0.2) is 19.6 Å². The summed E-state index contributed by atoms with van der Waals surface area (Å²) >= 11 is 0. The molecule has 57 valence electrons. The molecule has 0 bridgehead atoms. The van der Waals surface area contributed by atoms with Crippen molar-refractivity contribution in [3.63, 3.8) is 0 Å². The van der Waals surface area contributed by atoms with E-state index in [1.807, 2.05) is 18.2 Å². The molecule has 0 atom stereocenters. The van der Waals surface area contributed by atoms with Crippen LogP contribution in [0.1, 0.15) is 0 Å². The van der Waals surface area contributed by atoms with Crippen molar-refractivity contribution in [2.24, 2.45) is 0 Å². The summed E-state index contributed by atoms with van der Waals surface area (Å²) in [5.74, 6) is 0.681. The second-order valence-corrected chi connectivity index (χ2v) is 1.82. The highest BCUT2D eigenvalue weighted by Gasteiger charge is 1.94. The molecule has 0 aliphatic carbocycles. The molecule has 0 aliphatic rings. The van der Waals surface area contributed by atoms with Gasteiger partial charge in [0.2, 0.25) is 0 Å². The Balaban J connectivity index is 2.28. The fourth-order valence-electron chi connectivity index (χ4n) is 0.619. The van der Waals surface area contributed by atoms with Crippen molar-refractivity contribution in [3.05, 3.63) is 30.3 Å². The molecule has 4 heteroatoms. The Morgan fingerprint density at radius 1 is 1.27 bits per heavy atom. The lowest BCUT2D eigenvalue weighted by molar-refractivity contribution is 0.0904.